The lowest BCUT2D eigenvalue weighted by Crippen LogP contribution is -2.49. The van der Waals surface area contributed by atoms with Gasteiger partial charge in [-0.25, -0.2) is 4.52 Å². The topological polar surface area (TPSA) is 46.8 Å². The van der Waals surface area contributed by atoms with E-state index in [1.807, 2.05) is 36.2 Å². The van der Waals surface area contributed by atoms with Crippen LogP contribution in [-0.4, -0.2) is 51.0 Å². The fourth-order valence-electron chi connectivity index (χ4n) is 2.57. The van der Waals surface area contributed by atoms with Crippen LogP contribution in [0.4, 0.5) is 0 Å². The van der Waals surface area contributed by atoms with Crippen LogP contribution in [0.5, 0.6) is 0 Å². The summed E-state index contributed by atoms with van der Waals surface area (Å²) in [6.07, 6.45) is 3.58. The summed E-state index contributed by atoms with van der Waals surface area (Å²) >= 11 is 3.42. The highest BCUT2D eigenvalue weighted by molar-refractivity contribution is 9.09. The van der Waals surface area contributed by atoms with Gasteiger partial charge in [-0.15, -0.1) is 0 Å². The zero-order valence-electron chi connectivity index (χ0n) is 11.2. The number of rotatable bonds is 2. The predicted octanol–water partition coefficient (Wildman–Crippen LogP) is 1.96. The van der Waals surface area contributed by atoms with E-state index in [9.17, 15) is 4.79 Å². The first-order valence-electron chi connectivity index (χ1n) is 6.62. The standard InChI is InChI=1S/C14H16BrN3O2/c1-10-8-17(9-11(6-15)20-10)14(19)12-7-16-18-5-3-2-4-13(12)18/h2-5,7,10-11H,6,8-9H2,1H3. The maximum Gasteiger partial charge on any atom is 0.257 e. The number of nitrogens with zero attached hydrogens (tertiary/aromatic N) is 3. The summed E-state index contributed by atoms with van der Waals surface area (Å²) in [6, 6.07) is 5.72. The second-order valence-electron chi connectivity index (χ2n) is 5.02. The maximum absolute atomic E-state index is 12.7. The summed E-state index contributed by atoms with van der Waals surface area (Å²) < 4.78 is 7.48. The highest BCUT2D eigenvalue weighted by atomic mass is 79.9. The van der Waals surface area contributed by atoms with Gasteiger partial charge in [0.15, 0.2) is 0 Å². The third-order valence-electron chi connectivity index (χ3n) is 3.44. The molecule has 0 N–H and O–H groups in total. The third-order valence-corrected chi connectivity index (χ3v) is 4.16. The molecule has 3 rings (SSSR count). The minimum absolute atomic E-state index is 0.0206. The van der Waals surface area contributed by atoms with Crippen molar-refractivity contribution in [2.24, 2.45) is 0 Å². The largest absolute Gasteiger partial charge is 0.371 e. The van der Waals surface area contributed by atoms with E-state index < -0.39 is 0 Å². The van der Waals surface area contributed by atoms with Gasteiger partial charge in [0.05, 0.1) is 29.5 Å². The average molecular weight is 338 g/mol. The van der Waals surface area contributed by atoms with Crippen molar-refractivity contribution in [3.05, 3.63) is 36.2 Å². The number of aromatic nitrogens is 2. The number of morpholine rings is 1. The second kappa shape index (κ2) is 5.54. The van der Waals surface area contributed by atoms with Crippen molar-refractivity contribution in [2.45, 2.75) is 19.1 Å². The quantitative estimate of drug-likeness (QED) is 0.787. The summed E-state index contributed by atoms with van der Waals surface area (Å²) in [5, 5.41) is 4.95. The molecule has 1 amide bonds. The Morgan fingerprint density at radius 1 is 1.50 bits per heavy atom. The van der Waals surface area contributed by atoms with Gasteiger partial charge in [0.25, 0.3) is 5.91 Å². The Kier molecular flexibility index (Phi) is 3.76. The zero-order valence-corrected chi connectivity index (χ0v) is 12.8. The fraction of sp³-hybridized carbons (Fsp3) is 0.429. The Balaban J connectivity index is 1.88. The monoisotopic (exact) mass is 337 g/mol. The second-order valence-corrected chi connectivity index (χ2v) is 5.67. The Morgan fingerprint density at radius 3 is 3.15 bits per heavy atom. The van der Waals surface area contributed by atoms with Crippen LogP contribution < -0.4 is 0 Å². The number of amides is 1. The molecule has 2 atom stereocenters. The van der Waals surface area contributed by atoms with E-state index in [1.54, 1.807) is 10.7 Å². The summed E-state index contributed by atoms with van der Waals surface area (Å²) in [6.45, 7) is 3.22. The molecule has 0 saturated carbocycles. The lowest BCUT2D eigenvalue weighted by molar-refractivity contribution is -0.0559. The Hall–Kier alpha value is -1.40. The highest BCUT2D eigenvalue weighted by Crippen LogP contribution is 2.18. The van der Waals surface area contributed by atoms with Crippen molar-refractivity contribution in [1.29, 1.82) is 0 Å². The molecule has 1 aliphatic heterocycles. The molecule has 1 fully saturated rings. The summed E-state index contributed by atoms with van der Waals surface area (Å²) in [5.74, 6) is 0.0206. The van der Waals surface area contributed by atoms with Crippen molar-refractivity contribution in [3.8, 4) is 0 Å². The molecule has 2 aromatic rings. The van der Waals surface area contributed by atoms with Gasteiger partial charge in [-0.05, 0) is 19.1 Å². The van der Waals surface area contributed by atoms with Crippen molar-refractivity contribution in [2.75, 3.05) is 18.4 Å². The van der Waals surface area contributed by atoms with Gasteiger partial charge in [-0.1, -0.05) is 22.0 Å². The van der Waals surface area contributed by atoms with Crippen molar-refractivity contribution < 1.29 is 9.53 Å². The maximum atomic E-state index is 12.7. The van der Waals surface area contributed by atoms with Crippen LogP contribution >= 0.6 is 15.9 Å². The molecule has 1 aliphatic rings. The van der Waals surface area contributed by atoms with Crippen molar-refractivity contribution in [3.63, 3.8) is 0 Å². The number of carbonyl (C=O) groups is 1. The number of alkyl halides is 1. The SMILES string of the molecule is CC1CN(C(=O)c2cnn3ccccc23)CC(CBr)O1. The molecule has 3 heterocycles. The van der Waals surface area contributed by atoms with Gasteiger partial charge in [0.1, 0.15) is 0 Å². The van der Waals surface area contributed by atoms with Crippen LogP contribution in [-0.2, 0) is 4.74 Å². The Bertz CT molecular complexity index is 628. The molecule has 0 spiro atoms. The molecule has 2 aromatic heterocycles. The van der Waals surface area contributed by atoms with Crippen molar-refractivity contribution >= 4 is 27.4 Å². The number of hydrogen-bond acceptors (Lipinski definition) is 3. The van der Waals surface area contributed by atoms with Gasteiger partial charge < -0.3 is 9.64 Å². The van der Waals surface area contributed by atoms with Gasteiger partial charge in [0, 0.05) is 24.6 Å². The first-order valence-corrected chi connectivity index (χ1v) is 7.74. The molecule has 20 heavy (non-hydrogen) atoms. The molecule has 0 bridgehead atoms. The zero-order chi connectivity index (χ0) is 14.1. The molecule has 0 aliphatic carbocycles. The normalized spacial score (nSPS) is 23.2. The van der Waals surface area contributed by atoms with Gasteiger partial charge in [-0.3, -0.25) is 4.79 Å². The number of ether oxygens (including phenoxy) is 1. The molecule has 5 nitrogen and oxygen atoms in total. The van der Waals surface area contributed by atoms with E-state index in [-0.39, 0.29) is 18.1 Å². The Morgan fingerprint density at radius 2 is 2.35 bits per heavy atom. The van der Waals surface area contributed by atoms with E-state index in [2.05, 4.69) is 21.0 Å². The molecular formula is C14H16BrN3O2. The van der Waals surface area contributed by atoms with Crippen LogP contribution in [0.1, 0.15) is 17.3 Å². The van der Waals surface area contributed by atoms with E-state index >= 15 is 0 Å². The minimum atomic E-state index is 0.0206. The summed E-state index contributed by atoms with van der Waals surface area (Å²) in [5.41, 5.74) is 1.49. The van der Waals surface area contributed by atoms with Crippen LogP contribution in [0.3, 0.4) is 0 Å². The number of halogens is 1. The molecule has 0 aromatic carbocycles. The fourth-order valence-corrected chi connectivity index (χ4v) is 2.92. The number of carbonyl (C=O) groups excluding carboxylic acids is 1. The number of hydrogen-bond donors (Lipinski definition) is 0. The summed E-state index contributed by atoms with van der Waals surface area (Å²) in [7, 11) is 0. The highest BCUT2D eigenvalue weighted by Gasteiger charge is 2.29. The molecule has 1 saturated heterocycles. The molecule has 6 heteroatoms. The van der Waals surface area contributed by atoms with Crippen LogP contribution in [0.15, 0.2) is 30.6 Å². The summed E-state index contributed by atoms with van der Waals surface area (Å²) in [4.78, 5) is 14.5. The number of fused-ring (bicyclic) bond motifs is 1. The predicted molar refractivity (Wildman–Crippen MR) is 79.2 cm³/mol. The average Bonchev–Trinajstić information content (AvgIpc) is 2.89. The first-order chi connectivity index (χ1) is 9.69. The van der Waals surface area contributed by atoms with Crippen LogP contribution in [0.2, 0.25) is 0 Å². The first kappa shape index (κ1) is 13.6. The molecule has 106 valence electrons. The smallest absolute Gasteiger partial charge is 0.257 e. The Labute approximate surface area is 125 Å². The van der Waals surface area contributed by atoms with E-state index in [0.717, 1.165) is 10.8 Å². The van der Waals surface area contributed by atoms with Crippen molar-refractivity contribution in [1.82, 2.24) is 14.5 Å². The van der Waals surface area contributed by atoms with E-state index in [1.165, 1.54) is 0 Å². The van der Waals surface area contributed by atoms with Gasteiger partial charge in [-0.2, -0.15) is 5.10 Å². The molecular weight excluding hydrogens is 322 g/mol. The van der Waals surface area contributed by atoms with Crippen LogP contribution in [0, 0.1) is 0 Å². The van der Waals surface area contributed by atoms with E-state index in [4.69, 9.17) is 4.74 Å². The lowest BCUT2D eigenvalue weighted by atomic mass is 10.2. The molecule has 0 radical (unpaired) electrons. The third kappa shape index (κ3) is 2.45. The van der Waals surface area contributed by atoms with Crippen LogP contribution in [0.25, 0.3) is 5.52 Å². The number of pyridine rings is 1. The van der Waals surface area contributed by atoms with Gasteiger partial charge >= 0.3 is 0 Å². The lowest BCUT2D eigenvalue weighted by Gasteiger charge is -2.36. The minimum Gasteiger partial charge on any atom is -0.371 e. The molecule has 2 unspecified atom stereocenters. The van der Waals surface area contributed by atoms with Gasteiger partial charge in [0.2, 0.25) is 0 Å². The van der Waals surface area contributed by atoms with E-state index in [0.29, 0.717) is 18.7 Å².